The first kappa shape index (κ1) is 9.46. The lowest BCUT2D eigenvalue weighted by Crippen LogP contribution is -1.77. The molecule has 0 bridgehead atoms. The molecular weight excluding hydrogens is 196 g/mol. The highest BCUT2D eigenvalue weighted by Crippen LogP contribution is 2.29. The molecule has 0 unspecified atom stereocenters. The monoisotopic (exact) mass is 210 g/mol. The van der Waals surface area contributed by atoms with E-state index in [0.717, 1.165) is 17.6 Å². The standard InChI is InChI=1S/C15H14O/c1-3-11-5-7-13-12-6-4-10(2)8-14(12)16-15(13)9-11/h4-9H,3H2,1-2H3. The van der Waals surface area contributed by atoms with Crippen LogP contribution in [0.2, 0.25) is 0 Å². The smallest absolute Gasteiger partial charge is 0.135 e. The van der Waals surface area contributed by atoms with Crippen LogP contribution in [0.5, 0.6) is 0 Å². The molecule has 1 nitrogen and oxygen atoms in total. The third kappa shape index (κ3) is 1.32. The summed E-state index contributed by atoms with van der Waals surface area (Å²) in [7, 11) is 0. The second-order valence-corrected chi connectivity index (χ2v) is 4.29. The van der Waals surface area contributed by atoms with Crippen molar-refractivity contribution < 1.29 is 4.42 Å². The Morgan fingerprint density at radius 3 is 2.38 bits per heavy atom. The van der Waals surface area contributed by atoms with Gasteiger partial charge in [0.25, 0.3) is 0 Å². The topological polar surface area (TPSA) is 13.1 Å². The summed E-state index contributed by atoms with van der Waals surface area (Å²) in [5.41, 5.74) is 4.55. The summed E-state index contributed by atoms with van der Waals surface area (Å²) in [6.07, 6.45) is 1.05. The number of fused-ring (bicyclic) bond motifs is 3. The molecule has 0 aliphatic heterocycles. The molecular formula is C15H14O. The van der Waals surface area contributed by atoms with Gasteiger partial charge in [-0.2, -0.15) is 0 Å². The Bertz CT molecular complexity index is 662. The lowest BCUT2D eigenvalue weighted by Gasteiger charge is -1.94. The van der Waals surface area contributed by atoms with Crippen LogP contribution >= 0.6 is 0 Å². The van der Waals surface area contributed by atoms with Gasteiger partial charge < -0.3 is 4.42 Å². The second kappa shape index (κ2) is 3.38. The van der Waals surface area contributed by atoms with Crippen LogP contribution in [0.1, 0.15) is 18.1 Å². The molecule has 0 fully saturated rings. The van der Waals surface area contributed by atoms with Crippen molar-refractivity contribution in [3.05, 3.63) is 47.5 Å². The number of hydrogen-bond acceptors (Lipinski definition) is 1. The van der Waals surface area contributed by atoms with Crippen LogP contribution in [0.25, 0.3) is 21.9 Å². The fourth-order valence-electron chi connectivity index (χ4n) is 2.15. The Morgan fingerprint density at radius 2 is 1.62 bits per heavy atom. The molecule has 3 aromatic rings. The van der Waals surface area contributed by atoms with Gasteiger partial charge in [0.1, 0.15) is 11.2 Å². The van der Waals surface area contributed by atoms with Crippen molar-refractivity contribution in [1.29, 1.82) is 0 Å². The maximum atomic E-state index is 5.88. The third-order valence-corrected chi connectivity index (χ3v) is 3.10. The van der Waals surface area contributed by atoms with Gasteiger partial charge in [-0.05, 0) is 36.6 Å². The number of hydrogen-bond donors (Lipinski definition) is 0. The molecule has 1 aromatic heterocycles. The Morgan fingerprint density at radius 1 is 0.938 bits per heavy atom. The Kier molecular flexibility index (Phi) is 2.00. The average Bonchev–Trinajstić information content (AvgIpc) is 2.64. The molecule has 3 rings (SSSR count). The highest BCUT2D eigenvalue weighted by atomic mass is 16.3. The van der Waals surface area contributed by atoms with Gasteiger partial charge in [0.2, 0.25) is 0 Å². The molecule has 0 spiro atoms. The van der Waals surface area contributed by atoms with E-state index in [1.165, 1.54) is 21.9 Å². The van der Waals surface area contributed by atoms with Crippen molar-refractivity contribution in [1.82, 2.24) is 0 Å². The van der Waals surface area contributed by atoms with E-state index in [0.29, 0.717) is 0 Å². The Hall–Kier alpha value is -1.76. The predicted octanol–water partition coefficient (Wildman–Crippen LogP) is 4.46. The maximum absolute atomic E-state index is 5.88. The molecule has 0 aliphatic carbocycles. The van der Waals surface area contributed by atoms with Crippen LogP contribution in [0.15, 0.2) is 40.8 Å². The van der Waals surface area contributed by atoms with Gasteiger partial charge in [-0.25, -0.2) is 0 Å². The molecule has 0 radical (unpaired) electrons. The largest absolute Gasteiger partial charge is 0.456 e. The minimum absolute atomic E-state index is 0.989. The van der Waals surface area contributed by atoms with E-state index in [1.807, 2.05) is 0 Å². The zero-order valence-electron chi connectivity index (χ0n) is 9.58. The number of furan rings is 1. The van der Waals surface area contributed by atoms with Crippen LogP contribution < -0.4 is 0 Å². The predicted molar refractivity (Wildman–Crippen MR) is 67.8 cm³/mol. The third-order valence-electron chi connectivity index (χ3n) is 3.10. The molecule has 0 atom stereocenters. The molecule has 1 heteroatoms. The first-order valence-electron chi connectivity index (χ1n) is 5.69. The van der Waals surface area contributed by atoms with Crippen molar-refractivity contribution >= 4 is 21.9 Å². The normalized spacial score (nSPS) is 11.4. The van der Waals surface area contributed by atoms with Gasteiger partial charge in [0.05, 0.1) is 0 Å². The summed E-state index contributed by atoms with van der Waals surface area (Å²) in [6.45, 7) is 4.25. The molecule has 0 saturated heterocycles. The molecule has 2 aromatic carbocycles. The molecule has 1 heterocycles. The van der Waals surface area contributed by atoms with E-state index in [4.69, 9.17) is 4.42 Å². The highest BCUT2D eigenvalue weighted by molar-refractivity contribution is 6.05. The summed E-state index contributed by atoms with van der Waals surface area (Å²) in [4.78, 5) is 0. The van der Waals surface area contributed by atoms with E-state index >= 15 is 0 Å². The molecule has 80 valence electrons. The van der Waals surface area contributed by atoms with Gasteiger partial charge in [-0.15, -0.1) is 0 Å². The molecule has 0 amide bonds. The fraction of sp³-hybridized carbons (Fsp3) is 0.200. The maximum Gasteiger partial charge on any atom is 0.135 e. The lowest BCUT2D eigenvalue weighted by atomic mass is 10.1. The van der Waals surface area contributed by atoms with E-state index < -0.39 is 0 Å². The van der Waals surface area contributed by atoms with Crippen molar-refractivity contribution in [3.63, 3.8) is 0 Å². The van der Waals surface area contributed by atoms with Gasteiger partial charge in [0, 0.05) is 10.8 Å². The first-order valence-corrected chi connectivity index (χ1v) is 5.69. The summed E-state index contributed by atoms with van der Waals surface area (Å²) >= 11 is 0. The van der Waals surface area contributed by atoms with Crippen molar-refractivity contribution in [2.75, 3.05) is 0 Å². The lowest BCUT2D eigenvalue weighted by molar-refractivity contribution is 0.668. The van der Waals surface area contributed by atoms with Crippen LogP contribution in [0, 0.1) is 6.92 Å². The number of benzene rings is 2. The van der Waals surface area contributed by atoms with Crippen molar-refractivity contribution in [2.24, 2.45) is 0 Å². The Balaban J connectivity index is 2.40. The molecule has 0 aliphatic rings. The quantitative estimate of drug-likeness (QED) is 0.578. The highest BCUT2D eigenvalue weighted by Gasteiger charge is 2.06. The first-order chi connectivity index (χ1) is 7.78. The molecule has 0 N–H and O–H groups in total. The second-order valence-electron chi connectivity index (χ2n) is 4.29. The minimum atomic E-state index is 0.989. The van der Waals surface area contributed by atoms with E-state index in [-0.39, 0.29) is 0 Å². The van der Waals surface area contributed by atoms with Gasteiger partial charge in [-0.3, -0.25) is 0 Å². The number of rotatable bonds is 1. The van der Waals surface area contributed by atoms with E-state index in [1.54, 1.807) is 0 Å². The zero-order valence-corrected chi connectivity index (χ0v) is 9.58. The van der Waals surface area contributed by atoms with Gasteiger partial charge in [0.15, 0.2) is 0 Å². The Labute approximate surface area is 94.7 Å². The average molecular weight is 210 g/mol. The van der Waals surface area contributed by atoms with Crippen LogP contribution in [-0.2, 0) is 6.42 Å². The van der Waals surface area contributed by atoms with Crippen LogP contribution in [0.4, 0.5) is 0 Å². The van der Waals surface area contributed by atoms with Crippen molar-refractivity contribution in [2.45, 2.75) is 20.3 Å². The SMILES string of the molecule is CCc1ccc2c(c1)oc1cc(C)ccc12. The van der Waals surface area contributed by atoms with E-state index in [2.05, 4.69) is 50.2 Å². The van der Waals surface area contributed by atoms with Crippen LogP contribution in [0.3, 0.4) is 0 Å². The van der Waals surface area contributed by atoms with E-state index in [9.17, 15) is 0 Å². The van der Waals surface area contributed by atoms with Crippen LogP contribution in [-0.4, -0.2) is 0 Å². The zero-order chi connectivity index (χ0) is 11.1. The fourth-order valence-corrected chi connectivity index (χ4v) is 2.15. The number of aryl methyl sites for hydroxylation is 2. The summed E-state index contributed by atoms with van der Waals surface area (Å²) in [5.74, 6) is 0. The summed E-state index contributed by atoms with van der Waals surface area (Å²) in [5, 5.41) is 2.43. The van der Waals surface area contributed by atoms with Gasteiger partial charge >= 0.3 is 0 Å². The minimum Gasteiger partial charge on any atom is -0.456 e. The van der Waals surface area contributed by atoms with Gasteiger partial charge in [-0.1, -0.05) is 31.2 Å². The summed E-state index contributed by atoms with van der Waals surface area (Å²) in [6, 6.07) is 12.9. The summed E-state index contributed by atoms with van der Waals surface area (Å²) < 4.78 is 5.88. The molecule has 16 heavy (non-hydrogen) atoms. The van der Waals surface area contributed by atoms with Crippen molar-refractivity contribution in [3.8, 4) is 0 Å². The molecule has 0 saturated carbocycles.